The van der Waals surface area contributed by atoms with E-state index in [-0.39, 0.29) is 6.10 Å². The average Bonchev–Trinajstić information content (AvgIpc) is 2.47. The number of nitrogens with zero attached hydrogens (tertiary/aromatic N) is 1. The van der Waals surface area contributed by atoms with Crippen LogP contribution >= 0.6 is 0 Å². The highest BCUT2D eigenvalue weighted by Gasteiger charge is 2.26. The van der Waals surface area contributed by atoms with Gasteiger partial charge in [-0.25, -0.2) is 0 Å². The third-order valence-corrected chi connectivity index (χ3v) is 2.00. The second-order valence-corrected chi connectivity index (χ2v) is 3.80. The molecule has 4 heteroatoms. The van der Waals surface area contributed by atoms with Gasteiger partial charge in [-0.1, -0.05) is 19.0 Å². The molecule has 0 aromatic rings. The van der Waals surface area contributed by atoms with Gasteiger partial charge >= 0.3 is 0 Å². The third kappa shape index (κ3) is 3.32. The molecule has 13 heavy (non-hydrogen) atoms. The Labute approximate surface area is 79.0 Å². The Kier molecular flexibility index (Phi) is 3.69. The van der Waals surface area contributed by atoms with Crippen molar-refractivity contribution < 1.29 is 9.94 Å². The van der Waals surface area contributed by atoms with E-state index in [0.717, 1.165) is 12.1 Å². The minimum atomic E-state index is -0.469. The van der Waals surface area contributed by atoms with Gasteiger partial charge in [0, 0.05) is 19.0 Å². The molecule has 0 saturated heterocycles. The van der Waals surface area contributed by atoms with Crippen LogP contribution in [0.5, 0.6) is 0 Å². The van der Waals surface area contributed by atoms with Crippen LogP contribution in [-0.2, 0) is 4.84 Å². The van der Waals surface area contributed by atoms with Crippen LogP contribution in [0.1, 0.15) is 27.2 Å². The van der Waals surface area contributed by atoms with Crippen molar-refractivity contribution in [1.29, 1.82) is 0 Å². The Bertz CT molecular complexity index is 192. The summed E-state index contributed by atoms with van der Waals surface area (Å²) in [4.78, 5) is 5.06. The Morgan fingerprint density at radius 1 is 1.69 bits per heavy atom. The minimum absolute atomic E-state index is 0.161. The van der Waals surface area contributed by atoms with Crippen molar-refractivity contribution in [2.75, 3.05) is 6.54 Å². The first-order chi connectivity index (χ1) is 6.09. The molecular weight excluding hydrogens is 168 g/mol. The number of oxime groups is 1. The van der Waals surface area contributed by atoms with Crippen LogP contribution in [0.4, 0.5) is 0 Å². The summed E-state index contributed by atoms with van der Waals surface area (Å²) in [5.41, 5.74) is 0.952. The van der Waals surface area contributed by atoms with Crippen molar-refractivity contribution >= 4 is 5.71 Å². The van der Waals surface area contributed by atoms with Gasteiger partial charge in [-0.15, -0.1) is 0 Å². The zero-order valence-electron chi connectivity index (χ0n) is 8.45. The van der Waals surface area contributed by atoms with Crippen molar-refractivity contribution in [3.8, 4) is 0 Å². The Morgan fingerprint density at radius 3 is 2.85 bits per heavy atom. The van der Waals surface area contributed by atoms with Crippen LogP contribution in [-0.4, -0.2) is 35.6 Å². The van der Waals surface area contributed by atoms with Crippen molar-refractivity contribution in [2.24, 2.45) is 5.16 Å². The van der Waals surface area contributed by atoms with E-state index in [0.29, 0.717) is 12.6 Å². The zero-order chi connectivity index (χ0) is 9.84. The van der Waals surface area contributed by atoms with Crippen LogP contribution < -0.4 is 5.32 Å². The standard InChI is InChI=1S/C9H18N2O2/c1-6(2)10-5-8(12)9-4-7(3)11-13-9/h6,8-10,12H,4-5H2,1-3H3. The highest BCUT2D eigenvalue weighted by Crippen LogP contribution is 2.13. The van der Waals surface area contributed by atoms with Gasteiger partial charge in [0.2, 0.25) is 0 Å². The molecule has 2 atom stereocenters. The Morgan fingerprint density at radius 2 is 2.38 bits per heavy atom. The van der Waals surface area contributed by atoms with E-state index >= 15 is 0 Å². The predicted molar refractivity (Wildman–Crippen MR) is 51.7 cm³/mol. The fourth-order valence-corrected chi connectivity index (χ4v) is 1.22. The molecular formula is C9H18N2O2. The first-order valence-electron chi connectivity index (χ1n) is 4.70. The molecule has 1 heterocycles. The molecule has 2 unspecified atom stereocenters. The summed E-state index contributed by atoms with van der Waals surface area (Å²) in [5, 5.41) is 16.6. The smallest absolute Gasteiger partial charge is 0.159 e. The van der Waals surface area contributed by atoms with Crippen LogP contribution in [0, 0.1) is 0 Å². The number of hydrogen-bond donors (Lipinski definition) is 2. The van der Waals surface area contributed by atoms with Crippen LogP contribution in [0.3, 0.4) is 0 Å². The van der Waals surface area contributed by atoms with Gasteiger partial charge in [0.25, 0.3) is 0 Å². The Hall–Kier alpha value is -0.610. The molecule has 1 rings (SSSR count). The lowest BCUT2D eigenvalue weighted by Gasteiger charge is -2.18. The second kappa shape index (κ2) is 4.58. The number of aliphatic hydroxyl groups excluding tert-OH is 1. The van der Waals surface area contributed by atoms with E-state index in [4.69, 9.17) is 4.84 Å². The monoisotopic (exact) mass is 186 g/mol. The second-order valence-electron chi connectivity index (χ2n) is 3.80. The van der Waals surface area contributed by atoms with Crippen LogP contribution in [0.25, 0.3) is 0 Å². The summed E-state index contributed by atoms with van der Waals surface area (Å²) in [5.74, 6) is 0. The molecule has 0 spiro atoms. The summed E-state index contributed by atoms with van der Waals surface area (Å²) in [6, 6.07) is 0.387. The van der Waals surface area contributed by atoms with E-state index in [1.165, 1.54) is 0 Å². The predicted octanol–water partition coefficient (Wildman–Crippen LogP) is 0.510. The third-order valence-electron chi connectivity index (χ3n) is 2.00. The SMILES string of the molecule is CC1=NOC(C(O)CNC(C)C)C1. The number of aliphatic hydroxyl groups is 1. The molecule has 0 aromatic carbocycles. The maximum atomic E-state index is 9.65. The van der Waals surface area contributed by atoms with Crippen LogP contribution in [0.15, 0.2) is 5.16 Å². The fourth-order valence-electron chi connectivity index (χ4n) is 1.22. The van der Waals surface area contributed by atoms with Gasteiger partial charge in [0.15, 0.2) is 6.10 Å². The molecule has 1 aliphatic heterocycles. The molecule has 0 saturated carbocycles. The fraction of sp³-hybridized carbons (Fsp3) is 0.889. The van der Waals surface area contributed by atoms with Gasteiger partial charge in [-0.05, 0) is 6.92 Å². The molecule has 0 aromatic heterocycles. The lowest BCUT2D eigenvalue weighted by molar-refractivity contribution is -0.0166. The normalized spacial score (nSPS) is 24.4. The molecule has 4 nitrogen and oxygen atoms in total. The molecule has 0 aliphatic carbocycles. The molecule has 2 N–H and O–H groups in total. The van der Waals surface area contributed by atoms with Gasteiger partial charge in [-0.3, -0.25) is 0 Å². The highest BCUT2D eigenvalue weighted by molar-refractivity contribution is 5.82. The van der Waals surface area contributed by atoms with Gasteiger partial charge in [0.1, 0.15) is 6.10 Å². The number of hydrogen-bond acceptors (Lipinski definition) is 4. The van der Waals surface area contributed by atoms with Gasteiger partial charge in [-0.2, -0.15) is 0 Å². The molecule has 0 radical (unpaired) electrons. The van der Waals surface area contributed by atoms with E-state index < -0.39 is 6.10 Å². The topological polar surface area (TPSA) is 53.9 Å². The quantitative estimate of drug-likeness (QED) is 0.672. The van der Waals surface area contributed by atoms with Crippen molar-refractivity contribution in [2.45, 2.75) is 45.4 Å². The maximum Gasteiger partial charge on any atom is 0.159 e. The largest absolute Gasteiger partial charge is 0.389 e. The highest BCUT2D eigenvalue weighted by atomic mass is 16.6. The maximum absolute atomic E-state index is 9.65. The number of rotatable bonds is 4. The molecule has 0 amide bonds. The summed E-state index contributed by atoms with van der Waals surface area (Å²) < 4.78 is 0. The van der Waals surface area contributed by atoms with E-state index in [1.807, 2.05) is 20.8 Å². The Balaban J connectivity index is 2.21. The lowest BCUT2D eigenvalue weighted by Crippen LogP contribution is -2.39. The van der Waals surface area contributed by atoms with Crippen molar-refractivity contribution in [1.82, 2.24) is 5.32 Å². The van der Waals surface area contributed by atoms with E-state index in [1.54, 1.807) is 0 Å². The lowest BCUT2D eigenvalue weighted by atomic mass is 10.1. The average molecular weight is 186 g/mol. The molecule has 0 fully saturated rings. The molecule has 1 aliphatic rings. The first kappa shape index (κ1) is 10.5. The van der Waals surface area contributed by atoms with Crippen molar-refractivity contribution in [3.05, 3.63) is 0 Å². The van der Waals surface area contributed by atoms with Gasteiger partial charge in [0.05, 0.1) is 5.71 Å². The summed E-state index contributed by atoms with van der Waals surface area (Å²) in [7, 11) is 0. The van der Waals surface area contributed by atoms with E-state index in [9.17, 15) is 5.11 Å². The minimum Gasteiger partial charge on any atom is -0.389 e. The summed E-state index contributed by atoms with van der Waals surface area (Å²) in [6.45, 7) is 6.56. The first-order valence-corrected chi connectivity index (χ1v) is 4.70. The summed E-state index contributed by atoms with van der Waals surface area (Å²) >= 11 is 0. The summed E-state index contributed by atoms with van der Waals surface area (Å²) in [6.07, 6.45) is 0.107. The van der Waals surface area contributed by atoms with Crippen LogP contribution in [0.2, 0.25) is 0 Å². The van der Waals surface area contributed by atoms with Crippen molar-refractivity contribution in [3.63, 3.8) is 0 Å². The molecule has 76 valence electrons. The number of nitrogens with one attached hydrogen (secondary N) is 1. The van der Waals surface area contributed by atoms with Gasteiger partial charge < -0.3 is 15.3 Å². The van der Waals surface area contributed by atoms with E-state index in [2.05, 4.69) is 10.5 Å². The molecule has 0 bridgehead atoms. The zero-order valence-corrected chi connectivity index (χ0v) is 8.45.